The standard InChI is InChI=1S/C9H12N2O4/c1-6(5-8(12)13)11(2)9(14)7-3-4-15-10-7/h3-4,6H,5H2,1-2H3,(H,12,13). The van der Waals surface area contributed by atoms with Crippen molar-refractivity contribution in [2.24, 2.45) is 0 Å². The van der Waals surface area contributed by atoms with E-state index in [-0.39, 0.29) is 24.1 Å². The van der Waals surface area contributed by atoms with Crippen LogP contribution >= 0.6 is 0 Å². The highest BCUT2D eigenvalue weighted by Crippen LogP contribution is 2.06. The number of carboxylic acid groups (broad SMARTS) is 1. The molecule has 82 valence electrons. The number of amides is 1. The summed E-state index contributed by atoms with van der Waals surface area (Å²) in [6.45, 7) is 1.66. The van der Waals surface area contributed by atoms with Crippen molar-refractivity contribution in [3.8, 4) is 0 Å². The van der Waals surface area contributed by atoms with E-state index in [2.05, 4.69) is 9.68 Å². The second-order valence-corrected chi connectivity index (χ2v) is 3.25. The number of hydrogen-bond acceptors (Lipinski definition) is 4. The van der Waals surface area contributed by atoms with Gasteiger partial charge in [-0.05, 0) is 6.92 Å². The van der Waals surface area contributed by atoms with Crippen LogP contribution in [-0.4, -0.2) is 40.1 Å². The highest BCUT2D eigenvalue weighted by molar-refractivity contribution is 5.92. The van der Waals surface area contributed by atoms with Gasteiger partial charge in [0.15, 0.2) is 5.69 Å². The Hall–Kier alpha value is -1.85. The Bertz CT molecular complexity index is 347. The first-order valence-corrected chi connectivity index (χ1v) is 4.41. The Labute approximate surface area is 86.5 Å². The van der Waals surface area contributed by atoms with E-state index in [1.165, 1.54) is 24.3 Å². The number of nitrogens with zero attached hydrogens (tertiary/aromatic N) is 2. The van der Waals surface area contributed by atoms with E-state index < -0.39 is 5.97 Å². The van der Waals surface area contributed by atoms with Gasteiger partial charge in [-0.15, -0.1) is 0 Å². The van der Waals surface area contributed by atoms with Crippen LogP contribution in [0.1, 0.15) is 23.8 Å². The summed E-state index contributed by atoms with van der Waals surface area (Å²) in [6.07, 6.45) is 1.20. The van der Waals surface area contributed by atoms with Crippen molar-refractivity contribution in [2.75, 3.05) is 7.05 Å². The molecule has 1 heterocycles. The number of aromatic nitrogens is 1. The van der Waals surface area contributed by atoms with Gasteiger partial charge in [0.1, 0.15) is 6.26 Å². The van der Waals surface area contributed by atoms with E-state index in [0.29, 0.717) is 0 Å². The Kier molecular flexibility index (Phi) is 3.43. The fourth-order valence-corrected chi connectivity index (χ4v) is 1.09. The molecule has 1 aromatic rings. The molecule has 0 saturated heterocycles. The Morgan fingerprint density at radius 1 is 1.67 bits per heavy atom. The molecule has 0 radical (unpaired) electrons. The molecule has 1 amide bonds. The van der Waals surface area contributed by atoms with Crippen LogP contribution < -0.4 is 0 Å². The average Bonchev–Trinajstić information content (AvgIpc) is 2.67. The predicted octanol–water partition coefficient (Wildman–Crippen LogP) is 0.610. The quantitative estimate of drug-likeness (QED) is 0.790. The van der Waals surface area contributed by atoms with E-state index in [1.807, 2.05) is 0 Å². The predicted molar refractivity (Wildman–Crippen MR) is 50.3 cm³/mol. The zero-order chi connectivity index (χ0) is 11.4. The summed E-state index contributed by atoms with van der Waals surface area (Å²) in [5.41, 5.74) is 0.176. The number of aliphatic carboxylic acids is 1. The maximum Gasteiger partial charge on any atom is 0.305 e. The molecule has 0 fully saturated rings. The first kappa shape index (κ1) is 11.2. The lowest BCUT2D eigenvalue weighted by atomic mass is 10.2. The normalized spacial score (nSPS) is 12.1. The van der Waals surface area contributed by atoms with Crippen LogP contribution in [0.5, 0.6) is 0 Å². The molecule has 1 aromatic heterocycles. The summed E-state index contributed by atoms with van der Waals surface area (Å²) in [5.74, 6) is -1.29. The van der Waals surface area contributed by atoms with Gasteiger partial charge in [-0.3, -0.25) is 9.59 Å². The van der Waals surface area contributed by atoms with Crippen molar-refractivity contribution >= 4 is 11.9 Å². The molecule has 1 atom stereocenters. The van der Waals surface area contributed by atoms with Crippen molar-refractivity contribution in [3.63, 3.8) is 0 Å². The van der Waals surface area contributed by atoms with Crippen LogP contribution in [0.15, 0.2) is 16.9 Å². The molecule has 15 heavy (non-hydrogen) atoms. The lowest BCUT2D eigenvalue weighted by Crippen LogP contribution is -2.36. The molecule has 0 aliphatic rings. The number of rotatable bonds is 4. The molecule has 6 heteroatoms. The molecule has 1 unspecified atom stereocenters. The number of hydrogen-bond donors (Lipinski definition) is 1. The van der Waals surface area contributed by atoms with Gasteiger partial charge in [-0.25, -0.2) is 0 Å². The lowest BCUT2D eigenvalue weighted by molar-refractivity contribution is -0.137. The third kappa shape index (κ3) is 2.80. The summed E-state index contributed by atoms with van der Waals surface area (Å²) in [5, 5.41) is 12.1. The van der Waals surface area contributed by atoms with Gasteiger partial charge in [-0.1, -0.05) is 5.16 Å². The van der Waals surface area contributed by atoms with Gasteiger partial charge < -0.3 is 14.5 Å². The minimum Gasteiger partial charge on any atom is -0.481 e. The third-order valence-electron chi connectivity index (χ3n) is 2.11. The monoisotopic (exact) mass is 212 g/mol. The van der Waals surface area contributed by atoms with E-state index in [0.717, 1.165) is 0 Å². The van der Waals surface area contributed by atoms with Gasteiger partial charge in [0.25, 0.3) is 5.91 Å². The fraction of sp³-hybridized carbons (Fsp3) is 0.444. The third-order valence-corrected chi connectivity index (χ3v) is 2.11. The number of carbonyl (C=O) groups is 2. The Morgan fingerprint density at radius 2 is 2.33 bits per heavy atom. The Morgan fingerprint density at radius 3 is 2.80 bits per heavy atom. The zero-order valence-electron chi connectivity index (χ0n) is 8.51. The molecule has 1 N–H and O–H groups in total. The van der Waals surface area contributed by atoms with Crippen molar-refractivity contribution in [2.45, 2.75) is 19.4 Å². The van der Waals surface area contributed by atoms with Crippen LogP contribution in [0.2, 0.25) is 0 Å². The van der Waals surface area contributed by atoms with E-state index in [9.17, 15) is 9.59 Å². The number of carbonyl (C=O) groups excluding carboxylic acids is 1. The molecule has 0 spiro atoms. The maximum atomic E-state index is 11.6. The molecule has 0 bridgehead atoms. The molecule has 0 aromatic carbocycles. The van der Waals surface area contributed by atoms with Gasteiger partial charge in [0.2, 0.25) is 0 Å². The summed E-state index contributed by atoms with van der Waals surface area (Å²) in [7, 11) is 1.53. The van der Waals surface area contributed by atoms with Crippen molar-refractivity contribution in [1.82, 2.24) is 10.1 Å². The molecule has 6 nitrogen and oxygen atoms in total. The van der Waals surface area contributed by atoms with Crippen LogP contribution in [0.4, 0.5) is 0 Å². The average molecular weight is 212 g/mol. The van der Waals surface area contributed by atoms with Crippen LogP contribution in [0.3, 0.4) is 0 Å². The van der Waals surface area contributed by atoms with Gasteiger partial charge in [-0.2, -0.15) is 0 Å². The van der Waals surface area contributed by atoms with Gasteiger partial charge in [0.05, 0.1) is 6.42 Å². The first-order chi connectivity index (χ1) is 7.02. The minimum atomic E-state index is -0.942. The zero-order valence-corrected chi connectivity index (χ0v) is 8.51. The van der Waals surface area contributed by atoms with Crippen molar-refractivity contribution < 1.29 is 19.2 Å². The van der Waals surface area contributed by atoms with Gasteiger partial charge >= 0.3 is 5.97 Å². The highest BCUT2D eigenvalue weighted by Gasteiger charge is 2.21. The number of carboxylic acids is 1. The second-order valence-electron chi connectivity index (χ2n) is 3.25. The summed E-state index contributed by atoms with van der Waals surface area (Å²) >= 11 is 0. The lowest BCUT2D eigenvalue weighted by Gasteiger charge is -2.22. The largest absolute Gasteiger partial charge is 0.481 e. The van der Waals surface area contributed by atoms with Crippen LogP contribution in [0.25, 0.3) is 0 Å². The molecular weight excluding hydrogens is 200 g/mol. The van der Waals surface area contributed by atoms with Crippen LogP contribution in [-0.2, 0) is 4.79 Å². The minimum absolute atomic E-state index is 0.0971. The van der Waals surface area contributed by atoms with Crippen LogP contribution in [0, 0.1) is 0 Å². The smallest absolute Gasteiger partial charge is 0.305 e. The summed E-state index contributed by atoms with van der Waals surface area (Å²) < 4.78 is 4.53. The topological polar surface area (TPSA) is 83.6 Å². The molecule has 0 aliphatic carbocycles. The van der Waals surface area contributed by atoms with Crippen molar-refractivity contribution in [3.05, 3.63) is 18.0 Å². The first-order valence-electron chi connectivity index (χ1n) is 4.41. The molecule has 0 saturated carbocycles. The Balaban J connectivity index is 2.64. The summed E-state index contributed by atoms with van der Waals surface area (Å²) in [4.78, 5) is 23.4. The highest BCUT2D eigenvalue weighted by atomic mass is 16.5. The molecule has 1 rings (SSSR count). The SMILES string of the molecule is CC(CC(=O)O)N(C)C(=O)c1ccon1. The summed E-state index contributed by atoms with van der Waals surface area (Å²) in [6, 6.07) is 1.05. The second kappa shape index (κ2) is 4.59. The van der Waals surface area contributed by atoms with E-state index >= 15 is 0 Å². The van der Waals surface area contributed by atoms with Crippen molar-refractivity contribution in [1.29, 1.82) is 0 Å². The molecule has 0 aliphatic heterocycles. The van der Waals surface area contributed by atoms with E-state index in [1.54, 1.807) is 6.92 Å². The molecular formula is C9H12N2O4. The van der Waals surface area contributed by atoms with E-state index in [4.69, 9.17) is 5.11 Å². The maximum absolute atomic E-state index is 11.6. The fourth-order valence-electron chi connectivity index (χ4n) is 1.09. The van der Waals surface area contributed by atoms with Gasteiger partial charge in [0, 0.05) is 19.2 Å².